The first kappa shape index (κ1) is 14.2. The molecule has 1 aromatic heterocycles. The number of aromatic nitrogens is 2. The fraction of sp³-hybridized carbons (Fsp3) is 0.769. The van der Waals surface area contributed by atoms with Crippen LogP contribution in [0.2, 0.25) is 0 Å². The van der Waals surface area contributed by atoms with Crippen LogP contribution in [0, 0.1) is 11.8 Å². The maximum absolute atomic E-state index is 6.22. The Balaban J connectivity index is 3.00. The summed E-state index contributed by atoms with van der Waals surface area (Å²) in [5.41, 5.74) is 7.31. The molecule has 0 aliphatic rings. The lowest BCUT2D eigenvalue weighted by Gasteiger charge is -2.26. The first-order valence-electron chi connectivity index (χ1n) is 6.25. The molecule has 4 nitrogen and oxygen atoms in total. The zero-order valence-corrected chi connectivity index (χ0v) is 11.6. The van der Waals surface area contributed by atoms with Crippen molar-refractivity contribution in [2.75, 3.05) is 13.7 Å². The van der Waals surface area contributed by atoms with E-state index in [-0.39, 0.29) is 6.04 Å². The molecule has 0 bridgehead atoms. The van der Waals surface area contributed by atoms with Crippen molar-refractivity contribution in [1.29, 1.82) is 0 Å². The molecule has 0 fully saturated rings. The van der Waals surface area contributed by atoms with Crippen molar-refractivity contribution in [3.05, 3.63) is 18.2 Å². The van der Waals surface area contributed by atoms with E-state index in [1.54, 1.807) is 7.11 Å². The first-order chi connectivity index (χ1) is 7.99. The van der Waals surface area contributed by atoms with E-state index in [1.807, 2.05) is 12.5 Å². The average molecular weight is 239 g/mol. The van der Waals surface area contributed by atoms with Crippen molar-refractivity contribution in [2.45, 2.75) is 39.8 Å². The van der Waals surface area contributed by atoms with Crippen LogP contribution in [0.5, 0.6) is 0 Å². The molecule has 0 saturated carbocycles. The molecule has 0 saturated heterocycles. The second kappa shape index (κ2) is 6.17. The SMILES string of the molecule is COCC(C(C)C)n1cncc1C(N)C(C)C. The summed E-state index contributed by atoms with van der Waals surface area (Å²) >= 11 is 0. The standard InChI is InChI=1S/C13H25N3O/c1-9(2)12(7-17-5)16-8-15-6-11(16)13(14)10(3)4/h6,8-10,12-13H,7,14H2,1-5H3. The second-order valence-electron chi connectivity index (χ2n) is 5.26. The Morgan fingerprint density at radius 3 is 2.41 bits per heavy atom. The van der Waals surface area contributed by atoms with Gasteiger partial charge in [0.1, 0.15) is 0 Å². The summed E-state index contributed by atoms with van der Waals surface area (Å²) in [5.74, 6) is 0.892. The Bertz CT molecular complexity index is 333. The van der Waals surface area contributed by atoms with Crippen LogP contribution in [-0.4, -0.2) is 23.3 Å². The van der Waals surface area contributed by atoms with Gasteiger partial charge in [-0.15, -0.1) is 0 Å². The maximum Gasteiger partial charge on any atom is 0.0952 e. The molecule has 2 unspecified atom stereocenters. The molecule has 1 rings (SSSR count). The monoisotopic (exact) mass is 239 g/mol. The number of nitrogens with two attached hydrogens (primary N) is 1. The molecular formula is C13H25N3O. The molecule has 0 spiro atoms. The van der Waals surface area contributed by atoms with E-state index in [2.05, 4.69) is 37.2 Å². The van der Waals surface area contributed by atoms with E-state index in [0.717, 1.165) is 5.69 Å². The molecule has 0 amide bonds. The van der Waals surface area contributed by atoms with E-state index in [1.165, 1.54) is 0 Å². The topological polar surface area (TPSA) is 53.1 Å². The number of nitrogens with zero attached hydrogens (tertiary/aromatic N) is 2. The van der Waals surface area contributed by atoms with Gasteiger partial charge in [0, 0.05) is 19.3 Å². The number of rotatable bonds is 6. The summed E-state index contributed by atoms with van der Waals surface area (Å²) in [7, 11) is 1.73. The summed E-state index contributed by atoms with van der Waals surface area (Å²) in [6.07, 6.45) is 3.73. The Kier molecular flexibility index (Phi) is 5.15. The van der Waals surface area contributed by atoms with Gasteiger partial charge in [-0.1, -0.05) is 27.7 Å². The van der Waals surface area contributed by atoms with E-state index in [0.29, 0.717) is 24.5 Å². The fourth-order valence-electron chi connectivity index (χ4n) is 1.96. The zero-order valence-electron chi connectivity index (χ0n) is 11.6. The summed E-state index contributed by atoms with van der Waals surface area (Å²) in [4.78, 5) is 4.24. The molecule has 1 heterocycles. The molecule has 0 aliphatic heterocycles. The van der Waals surface area contributed by atoms with Crippen LogP contribution in [0.3, 0.4) is 0 Å². The third-order valence-corrected chi connectivity index (χ3v) is 3.22. The lowest BCUT2D eigenvalue weighted by molar-refractivity contribution is 0.130. The molecular weight excluding hydrogens is 214 g/mol. The van der Waals surface area contributed by atoms with Crippen molar-refractivity contribution >= 4 is 0 Å². The highest BCUT2D eigenvalue weighted by Gasteiger charge is 2.22. The second-order valence-corrected chi connectivity index (χ2v) is 5.26. The summed E-state index contributed by atoms with van der Waals surface area (Å²) < 4.78 is 7.46. The van der Waals surface area contributed by atoms with Gasteiger partial charge in [-0.05, 0) is 11.8 Å². The number of hydrogen-bond donors (Lipinski definition) is 1. The first-order valence-corrected chi connectivity index (χ1v) is 6.25. The molecule has 0 aliphatic carbocycles. The highest BCUT2D eigenvalue weighted by molar-refractivity contribution is 5.07. The van der Waals surface area contributed by atoms with Gasteiger partial charge in [-0.25, -0.2) is 4.98 Å². The lowest BCUT2D eigenvalue weighted by atomic mass is 10.00. The lowest BCUT2D eigenvalue weighted by Crippen LogP contribution is -2.26. The van der Waals surface area contributed by atoms with Gasteiger partial charge in [0.15, 0.2) is 0 Å². The normalized spacial score (nSPS) is 15.5. The summed E-state index contributed by atoms with van der Waals surface area (Å²) in [6.45, 7) is 9.32. The van der Waals surface area contributed by atoms with Crippen LogP contribution in [0.25, 0.3) is 0 Å². The minimum absolute atomic E-state index is 0.0237. The van der Waals surface area contributed by atoms with Crippen LogP contribution in [0.15, 0.2) is 12.5 Å². The highest BCUT2D eigenvalue weighted by Crippen LogP contribution is 2.25. The predicted octanol–water partition coefficient (Wildman–Crippen LogP) is 2.38. The number of ether oxygens (including phenoxy) is 1. The minimum Gasteiger partial charge on any atom is -0.383 e. The third kappa shape index (κ3) is 3.30. The van der Waals surface area contributed by atoms with E-state index in [9.17, 15) is 0 Å². The van der Waals surface area contributed by atoms with Crippen LogP contribution < -0.4 is 5.73 Å². The van der Waals surface area contributed by atoms with Gasteiger partial charge in [0.2, 0.25) is 0 Å². The van der Waals surface area contributed by atoms with E-state index in [4.69, 9.17) is 10.5 Å². The largest absolute Gasteiger partial charge is 0.383 e. The van der Waals surface area contributed by atoms with Crippen molar-refractivity contribution in [1.82, 2.24) is 9.55 Å². The number of methoxy groups -OCH3 is 1. The Labute approximate surface area is 104 Å². The highest BCUT2D eigenvalue weighted by atomic mass is 16.5. The fourth-order valence-corrected chi connectivity index (χ4v) is 1.96. The number of hydrogen-bond acceptors (Lipinski definition) is 3. The third-order valence-electron chi connectivity index (χ3n) is 3.22. The van der Waals surface area contributed by atoms with Gasteiger partial charge in [-0.2, -0.15) is 0 Å². The van der Waals surface area contributed by atoms with Gasteiger partial charge in [-0.3, -0.25) is 0 Å². The van der Waals surface area contributed by atoms with Crippen LogP contribution in [0.1, 0.15) is 45.5 Å². The molecule has 4 heteroatoms. The van der Waals surface area contributed by atoms with Gasteiger partial charge < -0.3 is 15.0 Å². The Morgan fingerprint density at radius 1 is 1.29 bits per heavy atom. The predicted molar refractivity (Wildman–Crippen MR) is 69.7 cm³/mol. The van der Waals surface area contributed by atoms with E-state index < -0.39 is 0 Å². The van der Waals surface area contributed by atoms with Crippen LogP contribution >= 0.6 is 0 Å². The zero-order chi connectivity index (χ0) is 13.0. The quantitative estimate of drug-likeness (QED) is 0.829. The van der Waals surface area contributed by atoms with E-state index >= 15 is 0 Å². The van der Waals surface area contributed by atoms with Crippen molar-refractivity contribution < 1.29 is 4.74 Å². The minimum atomic E-state index is 0.0237. The van der Waals surface area contributed by atoms with Crippen molar-refractivity contribution in [2.24, 2.45) is 17.6 Å². The maximum atomic E-state index is 6.22. The molecule has 17 heavy (non-hydrogen) atoms. The molecule has 0 aromatic carbocycles. The molecule has 2 N–H and O–H groups in total. The van der Waals surface area contributed by atoms with Gasteiger partial charge >= 0.3 is 0 Å². The van der Waals surface area contributed by atoms with Crippen LogP contribution in [-0.2, 0) is 4.74 Å². The Morgan fingerprint density at radius 2 is 1.94 bits per heavy atom. The van der Waals surface area contributed by atoms with Crippen molar-refractivity contribution in [3.63, 3.8) is 0 Å². The summed E-state index contributed by atoms with van der Waals surface area (Å²) in [6, 6.07) is 0.318. The number of imidazole rings is 1. The summed E-state index contributed by atoms with van der Waals surface area (Å²) in [5, 5.41) is 0. The van der Waals surface area contributed by atoms with Gasteiger partial charge in [0.25, 0.3) is 0 Å². The molecule has 0 radical (unpaired) electrons. The van der Waals surface area contributed by atoms with Gasteiger partial charge in [0.05, 0.1) is 24.7 Å². The average Bonchev–Trinajstić information content (AvgIpc) is 2.72. The molecule has 2 atom stereocenters. The Hall–Kier alpha value is -0.870. The molecule has 98 valence electrons. The van der Waals surface area contributed by atoms with Crippen LogP contribution in [0.4, 0.5) is 0 Å². The van der Waals surface area contributed by atoms with Crippen molar-refractivity contribution in [3.8, 4) is 0 Å². The molecule has 1 aromatic rings. The smallest absolute Gasteiger partial charge is 0.0952 e.